The van der Waals surface area contributed by atoms with Crippen LogP contribution in [0.15, 0.2) is 12.7 Å². The van der Waals surface area contributed by atoms with Gasteiger partial charge in [-0.05, 0) is 19.3 Å². The maximum absolute atomic E-state index is 9.60. The van der Waals surface area contributed by atoms with Crippen LogP contribution in [0.4, 0.5) is 0 Å². The van der Waals surface area contributed by atoms with Crippen LogP contribution in [0.2, 0.25) is 0 Å². The van der Waals surface area contributed by atoms with Gasteiger partial charge in [0, 0.05) is 0 Å². The maximum atomic E-state index is 9.60. The molecule has 0 saturated heterocycles. The molecule has 0 rings (SSSR count). The molecule has 0 atom stereocenters. The molecule has 0 aromatic heterocycles. The highest BCUT2D eigenvalue weighted by atomic mass is 16.5. The Morgan fingerprint density at radius 3 is 2.78 bits per heavy atom. The van der Waals surface area contributed by atoms with Gasteiger partial charge in [0.15, 0.2) is 0 Å². The molecule has 0 bridgehead atoms. The van der Waals surface area contributed by atoms with Crippen LogP contribution in [-0.2, 0) is 9.53 Å². The van der Waals surface area contributed by atoms with Gasteiger partial charge >= 0.3 is 0 Å². The second-order valence-corrected chi connectivity index (χ2v) is 1.75. The molecule has 0 unspecified atom stereocenters. The van der Waals surface area contributed by atoms with Crippen LogP contribution in [0, 0.1) is 0 Å². The third-order valence-corrected chi connectivity index (χ3v) is 0.988. The Kier molecular flexibility index (Phi) is 6.58. The number of carbonyl (C=O) groups is 1. The van der Waals surface area contributed by atoms with Crippen molar-refractivity contribution in [3.05, 3.63) is 12.7 Å². The number of allylic oxidation sites excluding steroid dienone is 1. The van der Waals surface area contributed by atoms with Crippen LogP contribution < -0.4 is 0 Å². The minimum Gasteiger partial charge on any atom is -0.468 e. The molecule has 0 fully saturated rings. The smallest absolute Gasteiger partial charge is 0.293 e. The molecule has 0 aliphatic rings. The number of hydrogen-bond donors (Lipinski definition) is 0. The zero-order valence-electron chi connectivity index (χ0n) is 5.51. The third-order valence-electron chi connectivity index (χ3n) is 0.988. The molecule has 2 nitrogen and oxygen atoms in total. The molecule has 0 amide bonds. The summed E-state index contributed by atoms with van der Waals surface area (Å²) < 4.78 is 4.47. The standard InChI is InChI=1S/C7H12O2/c1-2-3-4-5-6-9-7-8/h2,7H,1,3-6H2. The first-order valence-corrected chi connectivity index (χ1v) is 3.08. The average molecular weight is 128 g/mol. The van der Waals surface area contributed by atoms with E-state index < -0.39 is 0 Å². The number of unbranched alkanes of at least 4 members (excludes halogenated alkanes) is 2. The van der Waals surface area contributed by atoms with E-state index in [9.17, 15) is 4.79 Å². The van der Waals surface area contributed by atoms with Gasteiger partial charge in [0.05, 0.1) is 6.61 Å². The first-order valence-electron chi connectivity index (χ1n) is 3.08. The largest absolute Gasteiger partial charge is 0.468 e. The van der Waals surface area contributed by atoms with Gasteiger partial charge in [0.25, 0.3) is 6.47 Å². The van der Waals surface area contributed by atoms with Gasteiger partial charge < -0.3 is 4.74 Å². The molecule has 0 radical (unpaired) electrons. The van der Waals surface area contributed by atoms with E-state index in [4.69, 9.17) is 0 Å². The summed E-state index contributed by atoms with van der Waals surface area (Å²) in [5.41, 5.74) is 0. The summed E-state index contributed by atoms with van der Waals surface area (Å²) >= 11 is 0. The highest BCUT2D eigenvalue weighted by Crippen LogP contribution is 1.94. The molecule has 0 heterocycles. The first-order chi connectivity index (χ1) is 4.41. The van der Waals surface area contributed by atoms with Crippen LogP contribution in [0.5, 0.6) is 0 Å². The van der Waals surface area contributed by atoms with Crippen molar-refractivity contribution in [1.82, 2.24) is 0 Å². The Balaban J connectivity index is 2.74. The fraction of sp³-hybridized carbons (Fsp3) is 0.571. The minimum atomic E-state index is 0.480. The number of carbonyl (C=O) groups excluding carboxylic acids is 1. The summed E-state index contributed by atoms with van der Waals surface area (Å²) in [5, 5.41) is 0. The molecule has 9 heavy (non-hydrogen) atoms. The van der Waals surface area contributed by atoms with Gasteiger partial charge in [0.2, 0.25) is 0 Å². The molecule has 0 saturated carbocycles. The molecule has 0 N–H and O–H groups in total. The summed E-state index contributed by atoms with van der Waals surface area (Å²) in [7, 11) is 0. The van der Waals surface area contributed by atoms with Gasteiger partial charge in [-0.3, -0.25) is 4.79 Å². The lowest BCUT2D eigenvalue weighted by atomic mass is 10.2. The molecule has 0 aliphatic carbocycles. The van der Waals surface area contributed by atoms with Crippen molar-refractivity contribution in [1.29, 1.82) is 0 Å². The number of hydrogen-bond acceptors (Lipinski definition) is 2. The van der Waals surface area contributed by atoms with Gasteiger partial charge in [0.1, 0.15) is 0 Å². The Bertz CT molecular complexity index is 69.0. The van der Waals surface area contributed by atoms with Crippen molar-refractivity contribution in [3.63, 3.8) is 0 Å². The Morgan fingerprint density at radius 2 is 2.22 bits per heavy atom. The number of ether oxygens (including phenoxy) is 1. The average Bonchev–Trinajstić information content (AvgIpc) is 1.89. The predicted octanol–water partition coefficient (Wildman–Crippen LogP) is 1.52. The van der Waals surface area contributed by atoms with E-state index in [1.807, 2.05) is 6.08 Å². The van der Waals surface area contributed by atoms with E-state index in [1.54, 1.807) is 0 Å². The minimum absolute atomic E-state index is 0.480. The highest BCUT2D eigenvalue weighted by Gasteiger charge is 1.83. The molecule has 0 aliphatic heterocycles. The second-order valence-electron chi connectivity index (χ2n) is 1.75. The van der Waals surface area contributed by atoms with Crippen LogP contribution >= 0.6 is 0 Å². The zero-order valence-corrected chi connectivity index (χ0v) is 5.51. The van der Waals surface area contributed by atoms with Crippen LogP contribution in [0.25, 0.3) is 0 Å². The first kappa shape index (κ1) is 8.21. The normalized spacial score (nSPS) is 8.44. The summed E-state index contributed by atoms with van der Waals surface area (Å²) in [6.07, 6.45) is 4.85. The SMILES string of the molecule is C=CCCCCOC=O. The predicted molar refractivity (Wildman–Crippen MR) is 36.1 cm³/mol. The van der Waals surface area contributed by atoms with Crippen molar-refractivity contribution in [2.45, 2.75) is 19.3 Å². The molecule has 52 valence electrons. The Labute approximate surface area is 55.5 Å². The van der Waals surface area contributed by atoms with Crippen molar-refractivity contribution < 1.29 is 9.53 Å². The second kappa shape index (κ2) is 7.21. The van der Waals surface area contributed by atoms with Gasteiger partial charge in [-0.2, -0.15) is 0 Å². The molecular weight excluding hydrogens is 116 g/mol. The van der Waals surface area contributed by atoms with E-state index in [-0.39, 0.29) is 0 Å². The van der Waals surface area contributed by atoms with Crippen molar-refractivity contribution >= 4 is 6.47 Å². The summed E-state index contributed by atoms with van der Waals surface area (Å²) in [4.78, 5) is 9.60. The topological polar surface area (TPSA) is 26.3 Å². The van der Waals surface area contributed by atoms with E-state index in [1.165, 1.54) is 0 Å². The Morgan fingerprint density at radius 1 is 1.44 bits per heavy atom. The quantitative estimate of drug-likeness (QED) is 0.308. The maximum Gasteiger partial charge on any atom is 0.293 e. The molecule has 0 aromatic carbocycles. The fourth-order valence-corrected chi connectivity index (χ4v) is 0.522. The van der Waals surface area contributed by atoms with Crippen molar-refractivity contribution in [2.75, 3.05) is 6.61 Å². The summed E-state index contributed by atoms with van der Waals surface area (Å²) in [6.45, 7) is 4.59. The van der Waals surface area contributed by atoms with Gasteiger partial charge in [-0.25, -0.2) is 0 Å². The third kappa shape index (κ3) is 7.21. The van der Waals surface area contributed by atoms with Crippen LogP contribution in [-0.4, -0.2) is 13.1 Å². The van der Waals surface area contributed by atoms with E-state index in [0.717, 1.165) is 19.3 Å². The van der Waals surface area contributed by atoms with Crippen molar-refractivity contribution in [3.8, 4) is 0 Å². The molecule has 0 aromatic rings. The van der Waals surface area contributed by atoms with Gasteiger partial charge in [-0.15, -0.1) is 6.58 Å². The lowest BCUT2D eigenvalue weighted by Crippen LogP contribution is -1.90. The number of rotatable bonds is 6. The highest BCUT2D eigenvalue weighted by molar-refractivity contribution is 5.36. The van der Waals surface area contributed by atoms with Gasteiger partial charge in [-0.1, -0.05) is 6.08 Å². The summed E-state index contributed by atoms with van der Waals surface area (Å²) in [5.74, 6) is 0. The summed E-state index contributed by atoms with van der Waals surface area (Å²) in [6, 6.07) is 0. The zero-order chi connectivity index (χ0) is 6.95. The van der Waals surface area contributed by atoms with E-state index in [0.29, 0.717) is 13.1 Å². The molecular formula is C7H12O2. The fourth-order valence-electron chi connectivity index (χ4n) is 0.522. The van der Waals surface area contributed by atoms with Crippen LogP contribution in [0.3, 0.4) is 0 Å². The van der Waals surface area contributed by atoms with Crippen molar-refractivity contribution in [2.24, 2.45) is 0 Å². The van der Waals surface area contributed by atoms with E-state index in [2.05, 4.69) is 11.3 Å². The van der Waals surface area contributed by atoms with E-state index >= 15 is 0 Å². The lowest BCUT2D eigenvalue weighted by Gasteiger charge is -1.94. The molecule has 2 heteroatoms. The monoisotopic (exact) mass is 128 g/mol. The Hall–Kier alpha value is -0.790. The lowest BCUT2D eigenvalue weighted by molar-refractivity contribution is -0.128. The molecule has 0 spiro atoms. The van der Waals surface area contributed by atoms with Crippen LogP contribution in [0.1, 0.15) is 19.3 Å².